The van der Waals surface area contributed by atoms with Crippen LogP contribution in [-0.2, 0) is 23.0 Å². The maximum Gasteiger partial charge on any atom is 0.255 e. The number of hydrogen-bond donors (Lipinski definition) is 1. The molecule has 0 fully saturated rings. The highest BCUT2D eigenvalue weighted by atomic mass is 35.5. The van der Waals surface area contributed by atoms with Crippen molar-refractivity contribution in [3.63, 3.8) is 0 Å². The normalized spacial score (nSPS) is 11.2. The molecule has 3 aromatic carbocycles. The van der Waals surface area contributed by atoms with Crippen LogP contribution in [0.1, 0.15) is 27.0 Å². The number of carbonyl (C=O) groups excluding carboxylic acids is 1. The van der Waals surface area contributed by atoms with Crippen molar-refractivity contribution >= 4 is 38.9 Å². The Morgan fingerprint density at radius 2 is 1.53 bits per heavy atom. The molecule has 1 aromatic heterocycles. The van der Waals surface area contributed by atoms with Gasteiger partial charge in [-0.2, -0.15) is 0 Å². The zero-order valence-corrected chi connectivity index (χ0v) is 20.9. The van der Waals surface area contributed by atoms with Gasteiger partial charge in [0.05, 0.1) is 23.5 Å². The van der Waals surface area contributed by atoms with E-state index in [9.17, 15) is 17.6 Å². The van der Waals surface area contributed by atoms with Crippen LogP contribution in [-0.4, -0.2) is 25.6 Å². The van der Waals surface area contributed by atoms with Gasteiger partial charge in [-0.05, 0) is 77.7 Å². The summed E-state index contributed by atoms with van der Waals surface area (Å²) in [5.41, 5.74) is 4.26. The first-order valence-corrected chi connectivity index (χ1v) is 13.2. The zero-order chi connectivity index (χ0) is 25.7. The summed E-state index contributed by atoms with van der Waals surface area (Å²) in [6.45, 7) is 0.00162. The van der Waals surface area contributed by atoms with Crippen LogP contribution in [0.3, 0.4) is 0 Å². The molecule has 0 aliphatic heterocycles. The number of pyridine rings is 1. The SMILES string of the molecule is CS(=O)(=O)N(Cc1ccc(C(=O)Nc2ccc(Cc3ccncc3)cc2)cc1)c1ccc(F)c(Cl)c1. The summed E-state index contributed by atoms with van der Waals surface area (Å²) in [5, 5.41) is 2.70. The number of anilines is 2. The van der Waals surface area contributed by atoms with E-state index in [2.05, 4.69) is 10.3 Å². The molecule has 0 saturated carbocycles. The van der Waals surface area contributed by atoms with Crippen molar-refractivity contribution in [2.24, 2.45) is 0 Å². The van der Waals surface area contributed by atoms with Crippen molar-refractivity contribution in [1.82, 2.24) is 4.98 Å². The van der Waals surface area contributed by atoms with Gasteiger partial charge < -0.3 is 5.32 Å². The Morgan fingerprint density at radius 1 is 0.917 bits per heavy atom. The van der Waals surface area contributed by atoms with E-state index in [0.29, 0.717) is 16.8 Å². The van der Waals surface area contributed by atoms with Crippen LogP contribution in [0.15, 0.2) is 91.3 Å². The number of aromatic nitrogens is 1. The average Bonchev–Trinajstić information content (AvgIpc) is 2.86. The van der Waals surface area contributed by atoms with Gasteiger partial charge in [0, 0.05) is 23.6 Å². The molecule has 1 heterocycles. The summed E-state index contributed by atoms with van der Waals surface area (Å²) in [5.74, 6) is -0.915. The second kappa shape index (κ2) is 10.9. The summed E-state index contributed by atoms with van der Waals surface area (Å²) in [6.07, 6.45) is 5.35. The molecule has 0 aliphatic carbocycles. The largest absolute Gasteiger partial charge is 0.322 e. The van der Waals surface area contributed by atoms with Gasteiger partial charge in [-0.3, -0.25) is 14.1 Å². The second-order valence-electron chi connectivity index (χ2n) is 8.25. The molecule has 0 aliphatic rings. The molecule has 184 valence electrons. The predicted molar refractivity (Wildman–Crippen MR) is 140 cm³/mol. The van der Waals surface area contributed by atoms with E-state index in [4.69, 9.17) is 11.6 Å². The van der Waals surface area contributed by atoms with Crippen LogP contribution in [0, 0.1) is 5.82 Å². The first kappa shape index (κ1) is 25.3. The molecular weight excluding hydrogens is 501 g/mol. The van der Waals surface area contributed by atoms with E-state index in [1.807, 2.05) is 36.4 Å². The quantitative estimate of drug-likeness (QED) is 0.322. The van der Waals surface area contributed by atoms with E-state index in [1.165, 1.54) is 12.1 Å². The van der Waals surface area contributed by atoms with E-state index < -0.39 is 15.8 Å². The third-order valence-electron chi connectivity index (χ3n) is 5.50. The van der Waals surface area contributed by atoms with E-state index in [0.717, 1.165) is 34.2 Å². The Bertz CT molecular complexity index is 1460. The summed E-state index contributed by atoms with van der Waals surface area (Å²) in [6, 6.07) is 21.9. The van der Waals surface area contributed by atoms with Gasteiger partial charge in [0.25, 0.3) is 5.91 Å². The molecule has 1 amide bonds. The fraction of sp³-hybridized carbons (Fsp3) is 0.111. The van der Waals surface area contributed by atoms with Crippen molar-refractivity contribution in [3.8, 4) is 0 Å². The Hall–Kier alpha value is -3.75. The van der Waals surface area contributed by atoms with E-state index in [-0.39, 0.29) is 23.2 Å². The third kappa shape index (κ3) is 6.47. The number of carbonyl (C=O) groups is 1. The molecule has 4 rings (SSSR count). The highest BCUT2D eigenvalue weighted by molar-refractivity contribution is 7.92. The molecule has 4 aromatic rings. The Kier molecular flexibility index (Phi) is 7.67. The van der Waals surface area contributed by atoms with Crippen LogP contribution >= 0.6 is 11.6 Å². The van der Waals surface area contributed by atoms with Crippen LogP contribution < -0.4 is 9.62 Å². The van der Waals surface area contributed by atoms with Crippen molar-refractivity contribution in [1.29, 1.82) is 0 Å². The molecule has 0 saturated heterocycles. The summed E-state index contributed by atoms with van der Waals surface area (Å²) in [7, 11) is -3.67. The van der Waals surface area contributed by atoms with Crippen molar-refractivity contribution in [2.75, 3.05) is 15.9 Å². The standard InChI is InChI=1S/C27H23ClFN3O3S/c1-36(34,35)32(24-10-11-26(29)25(28)17-24)18-21-2-6-22(7-3-21)27(33)31-23-8-4-19(5-9-23)16-20-12-14-30-15-13-20/h2-15,17H,16,18H2,1H3,(H,31,33). The van der Waals surface area contributed by atoms with Gasteiger partial charge in [-0.15, -0.1) is 0 Å². The number of halogens is 2. The first-order chi connectivity index (χ1) is 17.2. The maximum atomic E-state index is 13.5. The Labute approximate surface area is 214 Å². The average molecular weight is 524 g/mol. The van der Waals surface area contributed by atoms with Crippen molar-refractivity contribution in [3.05, 3.63) is 124 Å². The molecule has 0 atom stereocenters. The minimum Gasteiger partial charge on any atom is -0.322 e. The summed E-state index contributed by atoms with van der Waals surface area (Å²) in [4.78, 5) is 16.7. The fourth-order valence-corrected chi connectivity index (χ4v) is 4.67. The molecule has 0 bridgehead atoms. The fourth-order valence-electron chi connectivity index (χ4n) is 3.61. The third-order valence-corrected chi connectivity index (χ3v) is 6.93. The molecule has 6 nitrogen and oxygen atoms in total. The van der Waals surface area contributed by atoms with Crippen molar-refractivity contribution in [2.45, 2.75) is 13.0 Å². The number of nitrogens with zero attached hydrogens (tertiary/aromatic N) is 2. The number of amides is 1. The number of hydrogen-bond acceptors (Lipinski definition) is 4. The van der Waals surface area contributed by atoms with E-state index in [1.54, 1.807) is 36.7 Å². The highest BCUT2D eigenvalue weighted by Crippen LogP contribution is 2.26. The number of benzene rings is 3. The maximum absolute atomic E-state index is 13.5. The minimum atomic E-state index is -3.67. The summed E-state index contributed by atoms with van der Waals surface area (Å²) < 4.78 is 39.4. The molecule has 1 N–H and O–H groups in total. The lowest BCUT2D eigenvalue weighted by atomic mass is 10.1. The Morgan fingerprint density at radius 3 is 2.14 bits per heavy atom. The molecule has 0 unspecified atom stereocenters. The van der Waals surface area contributed by atoms with E-state index >= 15 is 0 Å². The molecule has 0 spiro atoms. The van der Waals surface area contributed by atoms with Gasteiger partial charge >= 0.3 is 0 Å². The molecule has 36 heavy (non-hydrogen) atoms. The lowest BCUT2D eigenvalue weighted by Gasteiger charge is -2.23. The lowest BCUT2D eigenvalue weighted by Crippen LogP contribution is -2.29. The predicted octanol–water partition coefficient (Wildman–Crippen LogP) is 5.68. The number of nitrogens with one attached hydrogen (secondary N) is 1. The zero-order valence-electron chi connectivity index (χ0n) is 19.4. The topological polar surface area (TPSA) is 79.4 Å². The van der Waals surface area contributed by atoms with Gasteiger partial charge in [0.1, 0.15) is 5.82 Å². The smallest absolute Gasteiger partial charge is 0.255 e. The van der Waals surface area contributed by atoms with Gasteiger partial charge in [0.2, 0.25) is 10.0 Å². The number of sulfonamides is 1. The van der Waals surface area contributed by atoms with Crippen molar-refractivity contribution < 1.29 is 17.6 Å². The molecule has 0 radical (unpaired) electrons. The van der Waals surface area contributed by atoms with Crippen LogP contribution in [0.2, 0.25) is 5.02 Å². The van der Waals surface area contributed by atoms with Crippen LogP contribution in [0.4, 0.5) is 15.8 Å². The van der Waals surface area contributed by atoms with Gasteiger partial charge in [-0.1, -0.05) is 35.9 Å². The van der Waals surface area contributed by atoms with Crippen LogP contribution in [0.25, 0.3) is 0 Å². The first-order valence-electron chi connectivity index (χ1n) is 11.0. The van der Waals surface area contributed by atoms with Crippen LogP contribution in [0.5, 0.6) is 0 Å². The van der Waals surface area contributed by atoms with Gasteiger partial charge in [-0.25, -0.2) is 12.8 Å². The Balaban J connectivity index is 1.42. The monoisotopic (exact) mass is 523 g/mol. The lowest BCUT2D eigenvalue weighted by molar-refractivity contribution is 0.102. The molecule has 9 heteroatoms. The van der Waals surface area contributed by atoms with Gasteiger partial charge in [0.15, 0.2) is 0 Å². The minimum absolute atomic E-state index is 0.00162. The highest BCUT2D eigenvalue weighted by Gasteiger charge is 2.19. The number of rotatable bonds is 8. The second-order valence-corrected chi connectivity index (χ2v) is 10.6. The summed E-state index contributed by atoms with van der Waals surface area (Å²) >= 11 is 5.83. The molecular formula is C27H23ClFN3O3S.